The van der Waals surface area contributed by atoms with Crippen molar-refractivity contribution in [2.75, 3.05) is 0 Å². The highest BCUT2D eigenvalue weighted by Crippen LogP contribution is 2.43. The Morgan fingerprint density at radius 3 is 1.54 bits per heavy atom. The number of hydrogen-bond acceptors (Lipinski definition) is 4. The molecular formula is C57H35N3O. The van der Waals surface area contributed by atoms with Crippen LogP contribution in [0.1, 0.15) is 0 Å². The van der Waals surface area contributed by atoms with Gasteiger partial charge in [-0.2, -0.15) is 0 Å². The van der Waals surface area contributed by atoms with Crippen LogP contribution in [0.5, 0.6) is 0 Å². The summed E-state index contributed by atoms with van der Waals surface area (Å²) in [5.41, 5.74) is 11.5. The number of hydrogen-bond donors (Lipinski definition) is 0. The van der Waals surface area contributed by atoms with Gasteiger partial charge < -0.3 is 4.42 Å². The SMILES string of the molecule is c1ccc(-c2ccccc2-c2ccc(-c3nc(-c4ccc5ccccc5c4)nc(-c4ccc(-c5cccc6oc7cc8ccccc8cc7c56)c5ccccc45)n3)cc2)cc1. The van der Waals surface area contributed by atoms with Crippen molar-refractivity contribution in [1.82, 2.24) is 15.0 Å². The predicted molar refractivity (Wildman–Crippen MR) is 252 cm³/mol. The van der Waals surface area contributed by atoms with Crippen LogP contribution in [-0.4, -0.2) is 15.0 Å². The Bertz CT molecular complexity index is 3650. The third kappa shape index (κ3) is 6.04. The van der Waals surface area contributed by atoms with Crippen LogP contribution >= 0.6 is 0 Å². The minimum atomic E-state index is 0.617. The van der Waals surface area contributed by atoms with Crippen molar-refractivity contribution in [2.24, 2.45) is 0 Å². The molecule has 0 bridgehead atoms. The first-order valence-electron chi connectivity index (χ1n) is 20.6. The summed E-state index contributed by atoms with van der Waals surface area (Å²) in [6.45, 7) is 0. The van der Waals surface area contributed by atoms with Gasteiger partial charge in [0.05, 0.1) is 0 Å². The van der Waals surface area contributed by atoms with Gasteiger partial charge in [-0.3, -0.25) is 0 Å². The number of rotatable bonds is 6. The van der Waals surface area contributed by atoms with Crippen molar-refractivity contribution in [3.63, 3.8) is 0 Å². The normalized spacial score (nSPS) is 11.6. The fourth-order valence-corrected chi connectivity index (χ4v) is 8.95. The minimum Gasteiger partial charge on any atom is -0.456 e. The maximum atomic E-state index is 6.50. The molecule has 0 aliphatic carbocycles. The minimum absolute atomic E-state index is 0.617. The van der Waals surface area contributed by atoms with Gasteiger partial charge in [0, 0.05) is 27.5 Å². The van der Waals surface area contributed by atoms with Crippen LogP contribution in [0.3, 0.4) is 0 Å². The van der Waals surface area contributed by atoms with Crippen molar-refractivity contribution < 1.29 is 4.42 Å². The Balaban J connectivity index is 1.02. The van der Waals surface area contributed by atoms with Gasteiger partial charge in [0.15, 0.2) is 17.5 Å². The van der Waals surface area contributed by atoms with Gasteiger partial charge in [0.2, 0.25) is 0 Å². The van der Waals surface area contributed by atoms with E-state index in [1.165, 1.54) is 27.5 Å². The molecule has 0 spiro atoms. The maximum Gasteiger partial charge on any atom is 0.164 e. The zero-order chi connectivity index (χ0) is 40.3. The largest absolute Gasteiger partial charge is 0.456 e. The molecule has 61 heavy (non-hydrogen) atoms. The maximum absolute atomic E-state index is 6.50. The van der Waals surface area contributed by atoms with Gasteiger partial charge in [-0.1, -0.05) is 182 Å². The van der Waals surface area contributed by atoms with Crippen LogP contribution in [-0.2, 0) is 0 Å². The molecule has 0 saturated carbocycles. The van der Waals surface area contributed by atoms with Crippen molar-refractivity contribution in [3.8, 4) is 67.5 Å². The van der Waals surface area contributed by atoms with Gasteiger partial charge in [0.1, 0.15) is 11.2 Å². The second-order valence-corrected chi connectivity index (χ2v) is 15.5. The lowest BCUT2D eigenvalue weighted by Gasteiger charge is -2.14. The van der Waals surface area contributed by atoms with Crippen LogP contribution in [0, 0.1) is 0 Å². The molecule has 0 amide bonds. The van der Waals surface area contributed by atoms with Crippen LogP contribution in [0.4, 0.5) is 0 Å². The summed E-state index contributed by atoms with van der Waals surface area (Å²) in [5.74, 6) is 1.86. The highest BCUT2D eigenvalue weighted by Gasteiger charge is 2.19. The molecule has 0 N–H and O–H groups in total. The lowest BCUT2D eigenvalue weighted by Crippen LogP contribution is -2.01. The number of aromatic nitrogens is 3. The Kier molecular flexibility index (Phi) is 8.13. The third-order valence-electron chi connectivity index (χ3n) is 11.9. The van der Waals surface area contributed by atoms with Gasteiger partial charge in [-0.15, -0.1) is 0 Å². The van der Waals surface area contributed by atoms with E-state index < -0.39 is 0 Å². The first-order chi connectivity index (χ1) is 30.2. The molecule has 10 aromatic carbocycles. The van der Waals surface area contributed by atoms with Crippen molar-refractivity contribution in [2.45, 2.75) is 0 Å². The van der Waals surface area contributed by atoms with E-state index in [1.54, 1.807) is 0 Å². The quantitative estimate of drug-likeness (QED) is 0.169. The second-order valence-electron chi connectivity index (χ2n) is 15.5. The van der Waals surface area contributed by atoms with E-state index in [9.17, 15) is 0 Å². The summed E-state index contributed by atoms with van der Waals surface area (Å²) >= 11 is 0. The molecule has 0 saturated heterocycles. The average molecular weight is 778 g/mol. The number of benzene rings is 10. The van der Waals surface area contributed by atoms with Crippen LogP contribution in [0.25, 0.3) is 122 Å². The summed E-state index contributed by atoms with van der Waals surface area (Å²) in [6, 6.07) is 74.6. The monoisotopic (exact) mass is 777 g/mol. The summed E-state index contributed by atoms with van der Waals surface area (Å²) in [7, 11) is 0. The highest BCUT2D eigenvalue weighted by molar-refractivity contribution is 6.18. The molecule has 4 heteroatoms. The molecule has 12 aromatic rings. The third-order valence-corrected chi connectivity index (χ3v) is 11.9. The molecule has 4 nitrogen and oxygen atoms in total. The summed E-state index contributed by atoms with van der Waals surface area (Å²) in [5, 5.41) is 9.03. The van der Waals surface area contributed by atoms with Crippen LogP contribution < -0.4 is 0 Å². The number of furan rings is 1. The molecule has 0 aliphatic heterocycles. The van der Waals surface area contributed by atoms with Crippen molar-refractivity contribution in [3.05, 3.63) is 212 Å². The first-order valence-corrected chi connectivity index (χ1v) is 20.6. The zero-order valence-corrected chi connectivity index (χ0v) is 33.0. The molecule has 0 aliphatic rings. The highest BCUT2D eigenvalue weighted by atomic mass is 16.3. The van der Waals surface area contributed by atoms with E-state index in [-0.39, 0.29) is 0 Å². The summed E-state index contributed by atoms with van der Waals surface area (Å²) in [4.78, 5) is 15.7. The number of fused-ring (bicyclic) bond motifs is 6. The van der Waals surface area contributed by atoms with E-state index in [2.05, 4.69) is 212 Å². The topological polar surface area (TPSA) is 51.8 Å². The Hall–Kier alpha value is -8.21. The van der Waals surface area contributed by atoms with Crippen LogP contribution in [0.2, 0.25) is 0 Å². The lowest BCUT2D eigenvalue weighted by molar-refractivity contribution is 0.669. The second kappa shape index (κ2) is 14.3. The lowest BCUT2D eigenvalue weighted by atomic mass is 9.92. The van der Waals surface area contributed by atoms with E-state index in [0.29, 0.717) is 17.5 Å². The molecule has 0 unspecified atom stereocenters. The van der Waals surface area contributed by atoms with Gasteiger partial charge >= 0.3 is 0 Å². The van der Waals surface area contributed by atoms with Crippen molar-refractivity contribution in [1.29, 1.82) is 0 Å². The fourth-order valence-electron chi connectivity index (χ4n) is 8.95. The molecule has 2 heterocycles. The Morgan fingerprint density at radius 2 is 0.787 bits per heavy atom. The molecule has 2 aromatic heterocycles. The standard InChI is InChI=1S/C57H35N3O/c1-2-14-37(15-3-1)44-19-8-9-20-45(44)38-26-28-39(29-27-38)55-58-56(43-30-25-36-13-4-5-16-40(36)33-43)60-57(59-55)50-32-31-48(46-21-10-11-22-47(46)50)49-23-12-24-52-54(49)51-34-41-17-6-7-18-42(41)35-53(51)61-52/h1-35H. The first kappa shape index (κ1) is 34.8. The van der Waals surface area contributed by atoms with E-state index >= 15 is 0 Å². The van der Waals surface area contributed by atoms with Gasteiger partial charge in [-0.05, 0) is 96.0 Å². The van der Waals surface area contributed by atoms with Gasteiger partial charge in [-0.25, -0.2) is 15.0 Å². The molecular weight excluding hydrogens is 743 g/mol. The average Bonchev–Trinajstić information content (AvgIpc) is 3.70. The van der Waals surface area contributed by atoms with Gasteiger partial charge in [0.25, 0.3) is 0 Å². The summed E-state index contributed by atoms with van der Waals surface area (Å²) in [6.07, 6.45) is 0. The smallest absolute Gasteiger partial charge is 0.164 e. The zero-order valence-electron chi connectivity index (χ0n) is 33.0. The Morgan fingerprint density at radius 1 is 0.262 bits per heavy atom. The van der Waals surface area contributed by atoms with Crippen molar-refractivity contribution >= 4 is 54.3 Å². The van der Waals surface area contributed by atoms with E-state index in [4.69, 9.17) is 19.4 Å². The molecule has 12 rings (SSSR count). The number of nitrogens with zero attached hydrogens (tertiary/aromatic N) is 3. The predicted octanol–water partition coefficient (Wildman–Crippen LogP) is 15.2. The summed E-state index contributed by atoms with van der Waals surface area (Å²) < 4.78 is 6.50. The van der Waals surface area contributed by atoms with E-state index in [1.807, 2.05) is 0 Å². The molecule has 0 atom stereocenters. The molecule has 0 fully saturated rings. The molecule has 0 radical (unpaired) electrons. The Labute approximate surface area is 352 Å². The van der Waals surface area contributed by atoms with E-state index in [0.717, 1.165) is 76.9 Å². The molecule has 284 valence electrons. The fraction of sp³-hybridized carbons (Fsp3) is 0. The van der Waals surface area contributed by atoms with Crippen LogP contribution in [0.15, 0.2) is 217 Å².